The largest absolute Gasteiger partial charge is 0.396 e. The maximum Gasteiger partial charge on any atom is 0.269 e. The molecule has 42 heavy (non-hydrogen) atoms. The lowest BCUT2D eigenvalue weighted by Gasteiger charge is -2.45. The van der Waals surface area contributed by atoms with Crippen LogP contribution in [0.25, 0.3) is 0 Å². The summed E-state index contributed by atoms with van der Waals surface area (Å²) >= 11 is 0. The molecule has 3 rings (SSSR count). The molecule has 3 N–H and O–H groups in total. The van der Waals surface area contributed by atoms with E-state index in [2.05, 4.69) is 0 Å². The monoisotopic (exact) mass is 581 g/mol. The summed E-state index contributed by atoms with van der Waals surface area (Å²) in [5.41, 5.74) is -7.30. The summed E-state index contributed by atoms with van der Waals surface area (Å²) in [4.78, 5) is 73.3. The molecule has 0 aliphatic rings. The van der Waals surface area contributed by atoms with E-state index < -0.39 is 80.6 Å². The number of rotatable bonds is 14. The molecule has 0 spiro atoms. The fourth-order valence-corrected chi connectivity index (χ4v) is 4.56. The number of benzene rings is 3. The van der Waals surface area contributed by atoms with Gasteiger partial charge in [0, 0.05) is 59.5 Å². The molecular formula is C27H23N3O12. The molecule has 3 aromatic rings. The van der Waals surface area contributed by atoms with Crippen molar-refractivity contribution >= 4 is 34.4 Å². The molecule has 0 aliphatic carbocycles. The predicted molar refractivity (Wildman–Crippen MR) is 143 cm³/mol. The molecule has 3 aromatic carbocycles. The van der Waals surface area contributed by atoms with Crippen molar-refractivity contribution in [3.63, 3.8) is 0 Å². The minimum atomic E-state index is -2.78. The number of nitro benzene ring substituents is 3. The molecule has 218 valence electrons. The van der Waals surface area contributed by atoms with Crippen molar-refractivity contribution in [3.05, 3.63) is 120 Å². The SMILES string of the molecule is O=C(CC(C(=O)c1ccc([N+](=O)[O-])cc1)(C(=O)c1ccc([N+](=O)[O-])cc1)C(CO)(CO)CO)c1ccc([N+](=O)[O-])cc1. The van der Waals surface area contributed by atoms with Crippen molar-refractivity contribution in [2.45, 2.75) is 6.42 Å². The molecule has 0 radical (unpaired) electrons. The molecule has 0 fully saturated rings. The Kier molecular flexibility index (Phi) is 9.32. The highest BCUT2D eigenvalue weighted by Crippen LogP contribution is 2.48. The normalized spacial score (nSPS) is 11.5. The number of aliphatic hydroxyl groups excluding tert-OH is 3. The van der Waals surface area contributed by atoms with E-state index in [1.54, 1.807) is 0 Å². The van der Waals surface area contributed by atoms with E-state index in [0.29, 0.717) is 0 Å². The van der Waals surface area contributed by atoms with Gasteiger partial charge in [0.2, 0.25) is 0 Å². The number of non-ortho nitro benzene ring substituents is 3. The number of carbonyl (C=O) groups is 3. The van der Waals surface area contributed by atoms with E-state index in [0.717, 1.165) is 72.8 Å². The van der Waals surface area contributed by atoms with Crippen LogP contribution in [0.3, 0.4) is 0 Å². The maximum atomic E-state index is 14.3. The summed E-state index contributed by atoms with van der Waals surface area (Å²) in [6, 6.07) is 11.9. The number of hydrogen-bond acceptors (Lipinski definition) is 12. The molecule has 0 amide bonds. The van der Waals surface area contributed by atoms with E-state index in [-0.39, 0.29) is 22.4 Å². The number of aliphatic hydroxyl groups is 3. The lowest BCUT2D eigenvalue weighted by atomic mass is 9.55. The number of nitro groups is 3. The standard InChI is InChI=1S/C27H23N3O12/c31-14-26(15-32,16-33)27(24(35)18-3-9-21(10-4-18)29(39)40,25(36)19-5-11-22(12-6-19)30(41)42)13-23(34)17-1-7-20(8-2-17)28(37)38/h1-12,31-33H,13-16H2. The van der Waals surface area contributed by atoms with Gasteiger partial charge in [0.1, 0.15) is 5.41 Å². The third-order valence-corrected chi connectivity index (χ3v) is 7.10. The average Bonchev–Trinajstić information content (AvgIpc) is 3.00. The fourth-order valence-electron chi connectivity index (χ4n) is 4.56. The summed E-state index contributed by atoms with van der Waals surface area (Å²) < 4.78 is 0. The zero-order chi connectivity index (χ0) is 31.2. The van der Waals surface area contributed by atoms with Crippen LogP contribution in [0.4, 0.5) is 17.1 Å². The van der Waals surface area contributed by atoms with Crippen molar-refractivity contribution in [1.29, 1.82) is 0 Å². The summed E-state index contributed by atoms with van der Waals surface area (Å²) in [6.45, 7) is -3.61. The first-order valence-corrected chi connectivity index (χ1v) is 12.1. The van der Waals surface area contributed by atoms with Gasteiger partial charge in [-0.3, -0.25) is 44.7 Å². The van der Waals surface area contributed by atoms with Crippen molar-refractivity contribution in [1.82, 2.24) is 0 Å². The zero-order valence-corrected chi connectivity index (χ0v) is 21.6. The topological polar surface area (TPSA) is 241 Å². The molecule has 0 atom stereocenters. The molecule has 15 heteroatoms. The number of nitrogens with zero attached hydrogens (tertiary/aromatic N) is 3. The molecule has 0 unspecified atom stereocenters. The Morgan fingerprint density at radius 3 is 1.10 bits per heavy atom. The van der Waals surface area contributed by atoms with Gasteiger partial charge < -0.3 is 15.3 Å². The predicted octanol–water partition coefficient (Wildman–Crippen LogP) is 2.70. The highest BCUT2D eigenvalue weighted by molar-refractivity contribution is 6.23. The van der Waals surface area contributed by atoms with Gasteiger partial charge in [-0.1, -0.05) is 0 Å². The molecule has 0 saturated carbocycles. The Balaban J connectivity index is 2.32. The maximum absolute atomic E-state index is 14.3. The van der Waals surface area contributed by atoms with Crippen LogP contribution in [0.1, 0.15) is 37.5 Å². The van der Waals surface area contributed by atoms with Crippen LogP contribution >= 0.6 is 0 Å². The lowest BCUT2D eigenvalue weighted by Crippen LogP contribution is -2.60. The van der Waals surface area contributed by atoms with E-state index in [1.165, 1.54) is 0 Å². The van der Waals surface area contributed by atoms with E-state index in [4.69, 9.17) is 0 Å². The van der Waals surface area contributed by atoms with Gasteiger partial charge in [-0.25, -0.2) is 0 Å². The Bertz CT molecular complexity index is 1450. The zero-order valence-electron chi connectivity index (χ0n) is 21.6. The minimum Gasteiger partial charge on any atom is -0.396 e. The van der Waals surface area contributed by atoms with Crippen LogP contribution in [0, 0.1) is 41.2 Å². The van der Waals surface area contributed by atoms with Crippen LogP contribution < -0.4 is 0 Å². The number of carbonyl (C=O) groups excluding carboxylic acids is 3. The van der Waals surface area contributed by atoms with Gasteiger partial charge in [-0.15, -0.1) is 0 Å². The molecule has 0 aliphatic heterocycles. The first-order chi connectivity index (χ1) is 19.9. The van der Waals surface area contributed by atoms with Crippen LogP contribution in [-0.4, -0.2) is 67.3 Å². The molecule has 15 nitrogen and oxygen atoms in total. The fraction of sp³-hybridized carbons (Fsp3) is 0.222. The first-order valence-electron chi connectivity index (χ1n) is 12.1. The smallest absolute Gasteiger partial charge is 0.269 e. The van der Waals surface area contributed by atoms with Gasteiger partial charge in [0.15, 0.2) is 17.3 Å². The Morgan fingerprint density at radius 1 is 0.548 bits per heavy atom. The Hall–Kier alpha value is -5.25. The lowest BCUT2D eigenvalue weighted by molar-refractivity contribution is -0.385. The molecule has 0 bridgehead atoms. The van der Waals surface area contributed by atoms with Crippen molar-refractivity contribution in [2.24, 2.45) is 10.8 Å². The van der Waals surface area contributed by atoms with Gasteiger partial charge in [-0.05, 0) is 36.4 Å². The van der Waals surface area contributed by atoms with Crippen LogP contribution in [0.5, 0.6) is 0 Å². The number of hydrogen-bond donors (Lipinski definition) is 3. The average molecular weight is 581 g/mol. The number of Topliss-reactive ketones (excluding diaryl/α,β-unsaturated/α-hetero) is 3. The van der Waals surface area contributed by atoms with Crippen LogP contribution in [-0.2, 0) is 0 Å². The summed E-state index contributed by atoms with van der Waals surface area (Å²) in [7, 11) is 0. The Labute approximate surface area is 236 Å². The van der Waals surface area contributed by atoms with E-state index in [9.17, 15) is 60.0 Å². The highest BCUT2D eigenvalue weighted by Gasteiger charge is 2.61. The Morgan fingerprint density at radius 2 is 0.833 bits per heavy atom. The summed E-state index contributed by atoms with van der Waals surface area (Å²) in [6.07, 6.45) is -1.09. The van der Waals surface area contributed by atoms with Crippen LogP contribution in [0.2, 0.25) is 0 Å². The first kappa shape index (κ1) is 31.3. The van der Waals surface area contributed by atoms with Crippen molar-refractivity contribution < 1.29 is 44.5 Å². The highest BCUT2D eigenvalue weighted by atomic mass is 16.6. The molecule has 0 aromatic heterocycles. The van der Waals surface area contributed by atoms with E-state index >= 15 is 0 Å². The number of ketones is 3. The molecular weight excluding hydrogens is 558 g/mol. The second-order valence-corrected chi connectivity index (χ2v) is 9.33. The molecule has 0 saturated heterocycles. The van der Waals surface area contributed by atoms with Gasteiger partial charge >= 0.3 is 0 Å². The van der Waals surface area contributed by atoms with Crippen molar-refractivity contribution in [3.8, 4) is 0 Å². The third kappa shape index (κ3) is 5.64. The van der Waals surface area contributed by atoms with Crippen LogP contribution in [0.15, 0.2) is 72.8 Å². The van der Waals surface area contributed by atoms with Gasteiger partial charge in [0.25, 0.3) is 17.1 Å². The second kappa shape index (κ2) is 12.5. The second-order valence-electron chi connectivity index (χ2n) is 9.33. The van der Waals surface area contributed by atoms with Gasteiger partial charge in [-0.2, -0.15) is 0 Å². The summed E-state index contributed by atoms with van der Waals surface area (Å²) in [5, 5.41) is 64.6. The van der Waals surface area contributed by atoms with E-state index in [1.807, 2.05) is 0 Å². The summed E-state index contributed by atoms with van der Waals surface area (Å²) in [5.74, 6) is -3.35. The van der Waals surface area contributed by atoms with Crippen molar-refractivity contribution in [2.75, 3.05) is 19.8 Å². The van der Waals surface area contributed by atoms with Gasteiger partial charge in [0.05, 0.1) is 40.0 Å². The minimum absolute atomic E-state index is 0.194. The third-order valence-electron chi connectivity index (χ3n) is 7.10. The molecule has 0 heterocycles. The quantitative estimate of drug-likeness (QED) is 0.108.